The van der Waals surface area contributed by atoms with Crippen molar-refractivity contribution in [2.24, 2.45) is 0 Å². The van der Waals surface area contributed by atoms with E-state index in [4.69, 9.17) is 4.42 Å². The topological polar surface area (TPSA) is 28.4 Å². The average molecular weight is 595 g/mol. The molecular weight excluding hydrogens is 560 g/mol. The summed E-state index contributed by atoms with van der Waals surface area (Å²) in [6, 6.07) is 39.9. The van der Waals surface area contributed by atoms with Crippen molar-refractivity contribution in [1.82, 2.24) is 0 Å². The van der Waals surface area contributed by atoms with Crippen LogP contribution in [-0.4, -0.2) is 0 Å². The molecule has 3 heteroatoms. The summed E-state index contributed by atoms with van der Waals surface area (Å²) >= 11 is 0. The number of fused-ring (bicyclic) bond motifs is 3. The van der Waals surface area contributed by atoms with Gasteiger partial charge in [-0.25, -0.2) is 0 Å². The molecule has 1 heterocycles. The molecule has 0 atom stereocenters. The SMILES string of the molecule is CC1=CCCC(Nc2ccc3ccc4c(N(c5cccc(C)c5)c5cccc6c5oc5c(C)cccc56)ccc5ccc2c3c54)=C1. The molecule has 0 aliphatic heterocycles. The van der Waals surface area contributed by atoms with Crippen LogP contribution in [0.4, 0.5) is 22.7 Å². The van der Waals surface area contributed by atoms with Gasteiger partial charge in [0.15, 0.2) is 5.58 Å². The first-order chi connectivity index (χ1) is 22.5. The van der Waals surface area contributed by atoms with E-state index in [0.717, 1.165) is 63.1 Å². The molecule has 1 N–H and O–H groups in total. The van der Waals surface area contributed by atoms with Crippen molar-refractivity contribution in [1.29, 1.82) is 0 Å². The summed E-state index contributed by atoms with van der Waals surface area (Å²) in [4.78, 5) is 2.39. The van der Waals surface area contributed by atoms with Crippen molar-refractivity contribution in [3.63, 3.8) is 0 Å². The first-order valence-corrected chi connectivity index (χ1v) is 16.2. The summed E-state index contributed by atoms with van der Waals surface area (Å²) in [7, 11) is 0. The quantitative estimate of drug-likeness (QED) is 0.201. The van der Waals surface area contributed by atoms with Crippen molar-refractivity contribution in [2.45, 2.75) is 33.6 Å². The zero-order valence-electron chi connectivity index (χ0n) is 26.3. The zero-order valence-corrected chi connectivity index (χ0v) is 26.3. The van der Waals surface area contributed by atoms with E-state index in [0.29, 0.717) is 0 Å². The molecule has 0 fully saturated rings. The third kappa shape index (κ3) is 4.12. The van der Waals surface area contributed by atoms with E-state index in [1.165, 1.54) is 49.2 Å². The maximum atomic E-state index is 6.73. The number of aryl methyl sites for hydroxylation is 2. The highest BCUT2D eigenvalue weighted by molar-refractivity contribution is 6.28. The second kappa shape index (κ2) is 10.3. The molecule has 0 saturated carbocycles. The fraction of sp³-hybridized carbons (Fsp3) is 0.116. The van der Waals surface area contributed by atoms with E-state index in [-0.39, 0.29) is 0 Å². The molecule has 0 spiro atoms. The Morgan fingerprint density at radius 1 is 0.630 bits per heavy atom. The van der Waals surface area contributed by atoms with Crippen LogP contribution in [0.5, 0.6) is 0 Å². The highest BCUT2D eigenvalue weighted by atomic mass is 16.3. The van der Waals surface area contributed by atoms with Crippen molar-refractivity contribution >= 4 is 77.0 Å². The van der Waals surface area contributed by atoms with Gasteiger partial charge in [-0.2, -0.15) is 0 Å². The van der Waals surface area contributed by atoms with Gasteiger partial charge in [-0.05, 0) is 103 Å². The fourth-order valence-corrected chi connectivity index (χ4v) is 7.52. The van der Waals surface area contributed by atoms with Crippen LogP contribution < -0.4 is 10.2 Å². The highest BCUT2D eigenvalue weighted by Gasteiger charge is 2.23. The van der Waals surface area contributed by atoms with Crippen LogP contribution in [0.3, 0.4) is 0 Å². The van der Waals surface area contributed by atoms with E-state index < -0.39 is 0 Å². The minimum Gasteiger partial charge on any atom is -0.454 e. The molecule has 0 unspecified atom stereocenters. The summed E-state index contributed by atoms with van der Waals surface area (Å²) in [5.74, 6) is 0. The maximum absolute atomic E-state index is 6.73. The predicted octanol–water partition coefficient (Wildman–Crippen LogP) is 12.6. The third-order valence-corrected chi connectivity index (χ3v) is 9.66. The van der Waals surface area contributed by atoms with Crippen molar-refractivity contribution < 1.29 is 4.42 Å². The Balaban J connectivity index is 1.32. The standard InChI is InChI=1S/C43H34N2O/c1-26-8-4-11-31(24-26)44-37-22-18-29-17-21-36-38(23-19-30-16-20-35(37)40(29)41(30)36)45(32-12-5-9-27(2)25-32)39-15-7-14-34-33-13-6-10-28(3)42(33)46-43(34)39/h5-10,12-25,44H,4,11H2,1-3H3. The Bertz CT molecular complexity index is 2550. The van der Waals surface area contributed by atoms with Gasteiger partial charge in [-0.15, -0.1) is 0 Å². The van der Waals surface area contributed by atoms with Crippen LogP contribution in [0, 0.1) is 13.8 Å². The molecule has 222 valence electrons. The summed E-state index contributed by atoms with van der Waals surface area (Å²) in [5, 5.41) is 13.6. The molecule has 46 heavy (non-hydrogen) atoms. The smallest absolute Gasteiger partial charge is 0.159 e. The number of furan rings is 1. The monoisotopic (exact) mass is 594 g/mol. The molecule has 1 aliphatic carbocycles. The van der Waals surface area contributed by atoms with Crippen molar-refractivity contribution in [3.05, 3.63) is 144 Å². The number of para-hydroxylation sites is 2. The minimum atomic E-state index is 0.899. The molecular formula is C43H34N2O. The number of benzene rings is 7. The van der Waals surface area contributed by atoms with E-state index in [9.17, 15) is 0 Å². The van der Waals surface area contributed by atoms with Gasteiger partial charge in [0.2, 0.25) is 0 Å². The van der Waals surface area contributed by atoms with Crippen LogP contribution in [0.2, 0.25) is 0 Å². The number of hydrogen-bond donors (Lipinski definition) is 1. The second-order valence-corrected chi connectivity index (χ2v) is 12.8. The number of allylic oxidation sites excluding steroid dienone is 4. The first-order valence-electron chi connectivity index (χ1n) is 16.2. The molecule has 0 bridgehead atoms. The highest BCUT2D eigenvalue weighted by Crippen LogP contribution is 2.47. The van der Waals surface area contributed by atoms with Gasteiger partial charge in [0.05, 0.1) is 11.4 Å². The number of anilines is 4. The van der Waals surface area contributed by atoms with Crippen LogP contribution in [0.15, 0.2) is 137 Å². The van der Waals surface area contributed by atoms with Gasteiger partial charge >= 0.3 is 0 Å². The van der Waals surface area contributed by atoms with Crippen LogP contribution in [0.25, 0.3) is 54.3 Å². The molecule has 9 rings (SSSR count). The molecule has 1 aromatic heterocycles. The number of rotatable bonds is 5. The third-order valence-electron chi connectivity index (χ3n) is 9.66. The summed E-state index contributed by atoms with van der Waals surface area (Å²) in [6.07, 6.45) is 6.69. The van der Waals surface area contributed by atoms with Crippen LogP contribution in [-0.2, 0) is 0 Å². The van der Waals surface area contributed by atoms with Crippen LogP contribution >= 0.6 is 0 Å². The van der Waals surface area contributed by atoms with Gasteiger partial charge in [-0.1, -0.05) is 90.5 Å². The number of nitrogens with one attached hydrogen (secondary N) is 1. The minimum absolute atomic E-state index is 0.899. The van der Waals surface area contributed by atoms with Gasteiger partial charge < -0.3 is 14.6 Å². The van der Waals surface area contributed by atoms with Crippen molar-refractivity contribution in [2.75, 3.05) is 10.2 Å². The van der Waals surface area contributed by atoms with E-state index in [1.807, 2.05) is 0 Å². The number of hydrogen-bond acceptors (Lipinski definition) is 3. The summed E-state index contributed by atoms with van der Waals surface area (Å²) < 4.78 is 6.73. The largest absolute Gasteiger partial charge is 0.454 e. The number of nitrogens with zero attached hydrogens (tertiary/aromatic N) is 1. The lowest BCUT2D eigenvalue weighted by molar-refractivity contribution is 0.666. The zero-order chi connectivity index (χ0) is 30.9. The van der Waals surface area contributed by atoms with Crippen molar-refractivity contribution in [3.8, 4) is 0 Å². The Hall–Kier alpha value is -5.54. The molecule has 1 aliphatic rings. The Morgan fingerprint density at radius 2 is 1.35 bits per heavy atom. The summed E-state index contributed by atoms with van der Waals surface area (Å²) in [5.41, 5.74) is 11.2. The molecule has 0 saturated heterocycles. The lowest BCUT2D eigenvalue weighted by Crippen LogP contribution is -2.11. The lowest BCUT2D eigenvalue weighted by Gasteiger charge is -2.28. The first kappa shape index (κ1) is 26.8. The molecule has 8 aromatic rings. The van der Waals surface area contributed by atoms with Crippen LogP contribution in [0.1, 0.15) is 30.9 Å². The lowest BCUT2D eigenvalue weighted by atomic mass is 9.92. The Labute approximate surface area is 268 Å². The molecule has 0 radical (unpaired) electrons. The fourth-order valence-electron chi connectivity index (χ4n) is 7.52. The average Bonchev–Trinajstić information content (AvgIpc) is 3.46. The van der Waals surface area contributed by atoms with Gasteiger partial charge in [0.1, 0.15) is 5.58 Å². The summed E-state index contributed by atoms with van der Waals surface area (Å²) in [6.45, 7) is 6.46. The normalized spacial score (nSPS) is 13.6. The van der Waals surface area contributed by atoms with Gasteiger partial charge in [0, 0.05) is 38.6 Å². The van der Waals surface area contributed by atoms with E-state index in [2.05, 4.69) is 152 Å². The maximum Gasteiger partial charge on any atom is 0.159 e. The van der Waals surface area contributed by atoms with E-state index >= 15 is 0 Å². The molecule has 0 amide bonds. The van der Waals surface area contributed by atoms with Gasteiger partial charge in [0.25, 0.3) is 0 Å². The Kier molecular flexibility index (Phi) is 5.98. The second-order valence-electron chi connectivity index (χ2n) is 12.8. The molecule has 7 aromatic carbocycles. The van der Waals surface area contributed by atoms with Gasteiger partial charge in [-0.3, -0.25) is 0 Å². The predicted molar refractivity (Wildman–Crippen MR) is 196 cm³/mol. The molecule has 3 nitrogen and oxygen atoms in total. The Morgan fingerprint density at radius 3 is 2.17 bits per heavy atom. The van der Waals surface area contributed by atoms with E-state index in [1.54, 1.807) is 0 Å².